The summed E-state index contributed by atoms with van der Waals surface area (Å²) < 4.78 is 27.4. The minimum Gasteiger partial charge on any atom is -0.306 e. The summed E-state index contributed by atoms with van der Waals surface area (Å²) in [6.07, 6.45) is 2.67. The molecule has 0 aliphatic carbocycles. The third-order valence-electron chi connectivity index (χ3n) is 5.78. The summed E-state index contributed by atoms with van der Waals surface area (Å²) in [6, 6.07) is 15.1. The molecule has 1 amide bonds. The van der Waals surface area contributed by atoms with Crippen LogP contribution in [0.1, 0.15) is 54.4 Å². The summed E-state index contributed by atoms with van der Waals surface area (Å²) in [7, 11) is -3.35. The van der Waals surface area contributed by atoms with Gasteiger partial charge >= 0.3 is 0 Å². The third-order valence-corrected chi connectivity index (χ3v) is 6.96. The van der Waals surface area contributed by atoms with E-state index in [4.69, 9.17) is 5.10 Å². The average molecular weight is 467 g/mol. The first-order chi connectivity index (χ1) is 15.4. The molecule has 0 saturated carbocycles. The van der Waals surface area contributed by atoms with Gasteiger partial charge < -0.3 is 5.32 Å². The number of nitrogens with one attached hydrogen (secondary N) is 1. The topological polar surface area (TPSA) is 84.3 Å². The number of benzene rings is 2. The molecule has 0 spiro atoms. The first-order valence-electron chi connectivity index (χ1n) is 11.0. The van der Waals surface area contributed by atoms with Gasteiger partial charge in [-0.25, -0.2) is 13.1 Å². The molecule has 2 heterocycles. The molecule has 0 unspecified atom stereocenters. The van der Waals surface area contributed by atoms with Gasteiger partial charge in [0.1, 0.15) is 5.82 Å². The molecule has 0 radical (unpaired) electrons. The van der Waals surface area contributed by atoms with Crippen LogP contribution in [0.25, 0.3) is 5.69 Å². The Morgan fingerprint density at radius 2 is 1.85 bits per heavy atom. The number of fused-ring (bicyclic) bond motifs is 1. The lowest BCUT2D eigenvalue weighted by molar-refractivity contribution is 0.102. The van der Waals surface area contributed by atoms with Crippen molar-refractivity contribution in [1.82, 2.24) is 9.78 Å². The SMILES string of the molecule is Cc1cccc(-n2nc(C(C)(C)C)cc2NC(=O)c2ccc3c(c2)CCCN3S(C)(=O)=O)c1. The zero-order valence-corrected chi connectivity index (χ0v) is 20.5. The Balaban J connectivity index is 1.68. The largest absolute Gasteiger partial charge is 0.306 e. The number of aromatic nitrogens is 2. The van der Waals surface area contributed by atoms with Crippen LogP contribution >= 0.6 is 0 Å². The van der Waals surface area contributed by atoms with E-state index in [9.17, 15) is 13.2 Å². The second kappa shape index (κ2) is 8.33. The summed E-state index contributed by atoms with van der Waals surface area (Å²) in [6.45, 7) is 8.72. The molecule has 7 nitrogen and oxygen atoms in total. The number of rotatable bonds is 4. The smallest absolute Gasteiger partial charge is 0.256 e. The van der Waals surface area contributed by atoms with Gasteiger partial charge in [-0.05, 0) is 61.2 Å². The Morgan fingerprint density at radius 1 is 1.09 bits per heavy atom. The Kier molecular flexibility index (Phi) is 5.82. The number of carbonyl (C=O) groups excluding carboxylic acids is 1. The lowest BCUT2D eigenvalue weighted by Gasteiger charge is -2.29. The zero-order valence-electron chi connectivity index (χ0n) is 19.7. The van der Waals surface area contributed by atoms with Gasteiger partial charge in [-0.15, -0.1) is 0 Å². The summed E-state index contributed by atoms with van der Waals surface area (Å²) in [4.78, 5) is 13.2. The van der Waals surface area contributed by atoms with Crippen LogP contribution in [0.2, 0.25) is 0 Å². The maximum atomic E-state index is 13.2. The van der Waals surface area contributed by atoms with Crippen LogP contribution < -0.4 is 9.62 Å². The van der Waals surface area contributed by atoms with E-state index in [0.717, 1.165) is 35.3 Å². The highest BCUT2D eigenvalue weighted by Crippen LogP contribution is 2.31. The molecule has 0 saturated heterocycles. The third kappa shape index (κ3) is 4.80. The van der Waals surface area contributed by atoms with Gasteiger partial charge in [0.15, 0.2) is 0 Å². The number of anilines is 2. The van der Waals surface area contributed by atoms with Gasteiger partial charge in [0.2, 0.25) is 10.0 Å². The standard InChI is InChI=1S/C25H30N4O3S/c1-17-8-6-10-20(14-17)29-23(16-22(27-29)25(2,3)4)26-24(30)19-11-12-21-18(15-19)9-7-13-28(21)33(5,31)32/h6,8,10-12,14-16H,7,9,13H2,1-5H3,(H,26,30). The Bertz CT molecular complexity index is 1320. The van der Waals surface area contributed by atoms with Gasteiger partial charge in [0.25, 0.3) is 5.91 Å². The molecule has 1 aromatic heterocycles. The Hall–Kier alpha value is -3.13. The molecule has 8 heteroatoms. The number of carbonyl (C=O) groups is 1. The molecule has 0 atom stereocenters. The van der Waals surface area contributed by atoms with E-state index >= 15 is 0 Å². The molecule has 33 heavy (non-hydrogen) atoms. The van der Waals surface area contributed by atoms with Crippen molar-refractivity contribution in [3.05, 3.63) is 70.9 Å². The highest BCUT2D eigenvalue weighted by Gasteiger charge is 2.26. The van der Waals surface area contributed by atoms with Crippen molar-refractivity contribution in [3.8, 4) is 5.69 Å². The fourth-order valence-corrected chi connectivity index (χ4v) is 5.03. The van der Waals surface area contributed by atoms with E-state index < -0.39 is 10.0 Å². The van der Waals surface area contributed by atoms with E-state index in [1.165, 1.54) is 10.6 Å². The Labute approximate surface area is 195 Å². The van der Waals surface area contributed by atoms with Crippen LogP contribution in [0.4, 0.5) is 11.5 Å². The quantitative estimate of drug-likeness (QED) is 0.616. The van der Waals surface area contributed by atoms with Crippen molar-refractivity contribution in [2.45, 2.75) is 46.0 Å². The lowest BCUT2D eigenvalue weighted by Crippen LogP contribution is -2.34. The van der Waals surface area contributed by atoms with Gasteiger partial charge in [0, 0.05) is 23.6 Å². The van der Waals surface area contributed by atoms with Gasteiger partial charge in [-0.3, -0.25) is 9.10 Å². The maximum absolute atomic E-state index is 13.2. The molecular weight excluding hydrogens is 436 g/mol. The van der Waals surface area contributed by atoms with Gasteiger partial charge in [-0.2, -0.15) is 5.10 Å². The summed E-state index contributed by atoms with van der Waals surface area (Å²) in [5, 5.41) is 7.79. The average Bonchev–Trinajstić information content (AvgIpc) is 3.16. The van der Waals surface area contributed by atoms with Crippen molar-refractivity contribution in [1.29, 1.82) is 0 Å². The molecule has 1 N–H and O–H groups in total. The lowest BCUT2D eigenvalue weighted by atomic mass is 9.92. The summed E-state index contributed by atoms with van der Waals surface area (Å²) in [5.41, 5.74) is 4.65. The van der Waals surface area contributed by atoms with E-state index in [0.29, 0.717) is 23.6 Å². The van der Waals surface area contributed by atoms with Crippen LogP contribution in [0.15, 0.2) is 48.5 Å². The minimum atomic E-state index is -3.35. The van der Waals surface area contributed by atoms with E-state index in [1.54, 1.807) is 22.9 Å². The van der Waals surface area contributed by atoms with Crippen molar-refractivity contribution in [2.24, 2.45) is 0 Å². The van der Waals surface area contributed by atoms with E-state index in [-0.39, 0.29) is 11.3 Å². The molecule has 2 aromatic carbocycles. The number of aryl methyl sites for hydroxylation is 2. The molecule has 0 bridgehead atoms. The zero-order chi connectivity index (χ0) is 24.0. The van der Waals surface area contributed by atoms with Gasteiger partial charge in [-0.1, -0.05) is 32.9 Å². The fraction of sp³-hybridized carbons (Fsp3) is 0.360. The van der Waals surface area contributed by atoms with E-state index in [2.05, 4.69) is 26.1 Å². The highest BCUT2D eigenvalue weighted by molar-refractivity contribution is 7.92. The van der Waals surface area contributed by atoms with Crippen molar-refractivity contribution in [2.75, 3.05) is 22.4 Å². The van der Waals surface area contributed by atoms with Crippen molar-refractivity contribution >= 4 is 27.4 Å². The fourth-order valence-electron chi connectivity index (χ4n) is 4.03. The highest BCUT2D eigenvalue weighted by atomic mass is 32.2. The predicted octanol–water partition coefficient (Wildman–Crippen LogP) is 4.44. The monoisotopic (exact) mass is 466 g/mol. The molecule has 3 aromatic rings. The van der Waals surface area contributed by atoms with Crippen LogP contribution in [-0.4, -0.2) is 36.9 Å². The summed E-state index contributed by atoms with van der Waals surface area (Å²) in [5.74, 6) is 0.328. The number of sulfonamides is 1. The van der Waals surface area contributed by atoms with Crippen molar-refractivity contribution < 1.29 is 13.2 Å². The molecule has 1 aliphatic heterocycles. The number of amides is 1. The molecule has 174 valence electrons. The summed E-state index contributed by atoms with van der Waals surface area (Å²) >= 11 is 0. The van der Waals surface area contributed by atoms with Crippen LogP contribution in [-0.2, 0) is 21.9 Å². The van der Waals surface area contributed by atoms with Crippen LogP contribution in [0.3, 0.4) is 0 Å². The van der Waals surface area contributed by atoms with Crippen molar-refractivity contribution in [3.63, 3.8) is 0 Å². The molecule has 0 fully saturated rings. The van der Waals surface area contributed by atoms with Crippen LogP contribution in [0.5, 0.6) is 0 Å². The molecule has 4 rings (SSSR count). The normalized spacial score (nSPS) is 14.2. The number of nitrogens with zero attached hydrogens (tertiary/aromatic N) is 3. The molecule has 1 aliphatic rings. The second-order valence-electron chi connectivity index (χ2n) is 9.65. The first-order valence-corrected chi connectivity index (χ1v) is 12.9. The number of hydrogen-bond donors (Lipinski definition) is 1. The Morgan fingerprint density at radius 3 is 2.52 bits per heavy atom. The molecular formula is C25H30N4O3S. The van der Waals surface area contributed by atoms with Crippen LogP contribution in [0, 0.1) is 6.92 Å². The second-order valence-corrected chi connectivity index (χ2v) is 11.6. The predicted molar refractivity (Wildman–Crippen MR) is 132 cm³/mol. The number of hydrogen-bond acceptors (Lipinski definition) is 4. The first kappa shape index (κ1) is 23.0. The maximum Gasteiger partial charge on any atom is 0.256 e. The minimum absolute atomic E-state index is 0.185. The van der Waals surface area contributed by atoms with Gasteiger partial charge in [0.05, 0.1) is 23.3 Å². The van der Waals surface area contributed by atoms with E-state index in [1.807, 2.05) is 37.3 Å².